The van der Waals surface area contributed by atoms with Crippen LogP contribution in [0.25, 0.3) is 5.13 Å². The molecule has 7 nitrogen and oxygen atoms in total. The van der Waals surface area contributed by atoms with E-state index in [-0.39, 0.29) is 23.3 Å². The fraction of sp³-hybridized carbons (Fsp3) is 0.214. The Kier molecular flexibility index (Phi) is 4.25. The number of halogens is 3. The number of hydrogen-bond acceptors (Lipinski definition) is 7. The van der Waals surface area contributed by atoms with Gasteiger partial charge in [-0.3, -0.25) is 0 Å². The molecule has 0 amide bonds. The van der Waals surface area contributed by atoms with Gasteiger partial charge in [0.05, 0.1) is 12.7 Å². The molecular weight excluding hydrogens is 357 g/mol. The third-order valence-electron chi connectivity index (χ3n) is 3.15. The number of anilines is 3. The molecule has 0 fully saturated rings. The van der Waals surface area contributed by atoms with E-state index >= 15 is 0 Å². The molecule has 3 rings (SSSR count). The summed E-state index contributed by atoms with van der Waals surface area (Å²) in [6.07, 6.45) is -2.85. The van der Waals surface area contributed by atoms with Crippen LogP contribution in [-0.4, -0.2) is 26.9 Å². The van der Waals surface area contributed by atoms with Crippen LogP contribution in [0.1, 0.15) is 10.4 Å². The topological polar surface area (TPSA) is 90.9 Å². The minimum atomic E-state index is -4.50. The van der Waals surface area contributed by atoms with E-state index in [2.05, 4.69) is 20.4 Å². The molecule has 132 valence electrons. The number of alkyl halides is 3. The van der Waals surface area contributed by atoms with Crippen molar-refractivity contribution < 1.29 is 17.9 Å². The lowest BCUT2D eigenvalue weighted by molar-refractivity contribution is -0.137. The van der Waals surface area contributed by atoms with E-state index in [1.807, 2.05) is 6.92 Å². The maximum Gasteiger partial charge on any atom is 0.416 e. The quantitative estimate of drug-likeness (QED) is 0.732. The van der Waals surface area contributed by atoms with Crippen molar-refractivity contribution in [3.63, 3.8) is 0 Å². The van der Waals surface area contributed by atoms with Gasteiger partial charge >= 0.3 is 6.18 Å². The molecule has 1 aromatic carbocycles. The lowest BCUT2D eigenvalue weighted by atomic mass is 10.2. The van der Waals surface area contributed by atoms with Crippen molar-refractivity contribution in [3.8, 4) is 10.9 Å². The molecule has 25 heavy (non-hydrogen) atoms. The third kappa shape index (κ3) is 3.65. The number of nitrogens with zero attached hydrogens (tertiary/aromatic N) is 4. The van der Waals surface area contributed by atoms with E-state index in [4.69, 9.17) is 10.5 Å². The van der Waals surface area contributed by atoms with Crippen LogP contribution in [0.4, 0.5) is 30.8 Å². The molecule has 0 aliphatic rings. The van der Waals surface area contributed by atoms with Crippen LogP contribution in [-0.2, 0) is 6.18 Å². The Labute approximate surface area is 144 Å². The smallest absolute Gasteiger partial charge is 0.416 e. The minimum Gasteiger partial charge on any atom is -0.497 e. The first-order chi connectivity index (χ1) is 11.8. The molecule has 0 spiro atoms. The van der Waals surface area contributed by atoms with Crippen LogP contribution in [0.2, 0.25) is 0 Å². The Bertz CT molecular complexity index is 904. The van der Waals surface area contributed by atoms with Crippen molar-refractivity contribution in [2.45, 2.75) is 13.1 Å². The predicted molar refractivity (Wildman–Crippen MR) is 87.5 cm³/mol. The average Bonchev–Trinajstić information content (AvgIpc) is 3.11. The van der Waals surface area contributed by atoms with Gasteiger partial charge in [0, 0.05) is 22.8 Å². The van der Waals surface area contributed by atoms with Gasteiger partial charge in [0.2, 0.25) is 17.0 Å². The molecule has 0 bridgehead atoms. The number of nitrogens with two attached hydrogens (primary N) is 1. The molecule has 2 aromatic heterocycles. The van der Waals surface area contributed by atoms with E-state index in [1.54, 1.807) is 6.20 Å². The minimum absolute atomic E-state index is 0.0479. The van der Waals surface area contributed by atoms with Gasteiger partial charge < -0.3 is 15.8 Å². The average molecular weight is 370 g/mol. The van der Waals surface area contributed by atoms with Crippen LogP contribution < -0.4 is 15.8 Å². The highest BCUT2D eigenvalue weighted by atomic mass is 32.1. The molecule has 0 aliphatic carbocycles. The number of aryl methyl sites for hydroxylation is 1. The number of aromatic nitrogens is 4. The maximum absolute atomic E-state index is 13.0. The molecule has 11 heteroatoms. The molecule has 3 N–H and O–H groups in total. The molecule has 0 radical (unpaired) electrons. The van der Waals surface area contributed by atoms with Gasteiger partial charge in [-0.25, -0.2) is 4.98 Å². The van der Waals surface area contributed by atoms with Crippen LogP contribution in [0.15, 0.2) is 24.4 Å². The lowest BCUT2D eigenvalue weighted by Crippen LogP contribution is -2.06. The number of thiazole rings is 1. The number of methoxy groups -OCH3 is 1. The zero-order valence-electron chi connectivity index (χ0n) is 13.1. The molecule has 0 unspecified atom stereocenters. The fourth-order valence-electron chi connectivity index (χ4n) is 2.04. The Morgan fingerprint density at radius 3 is 2.64 bits per heavy atom. The standard InChI is InChI=1S/C14H13F3N6OS/c1-7-6-19-13(25-7)23-11(18)21-12(22-23)20-9-3-8(14(15,16)17)4-10(5-9)24-2/h3-6H,1-2H3,(H3,18,20,21,22). The van der Waals surface area contributed by atoms with Crippen LogP contribution in [0.5, 0.6) is 5.75 Å². The first-order valence-electron chi connectivity index (χ1n) is 6.95. The molecular formula is C14H13F3N6OS. The summed E-state index contributed by atoms with van der Waals surface area (Å²) < 4.78 is 45.1. The summed E-state index contributed by atoms with van der Waals surface area (Å²) >= 11 is 1.36. The highest BCUT2D eigenvalue weighted by Gasteiger charge is 2.31. The van der Waals surface area contributed by atoms with Crippen molar-refractivity contribution >= 4 is 28.9 Å². The van der Waals surface area contributed by atoms with Crippen LogP contribution in [0, 0.1) is 6.92 Å². The molecule has 2 heterocycles. The van der Waals surface area contributed by atoms with Crippen LogP contribution >= 0.6 is 11.3 Å². The SMILES string of the molecule is COc1cc(Nc2nc(N)n(-c3ncc(C)s3)n2)cc(C(F)(F)F)c1. The molecule has 0 saturated carbocycles. The highest BCUT2D eigenvalue weighted by Crippen LogP contribution is 2.34. The van der Waals surface area contributed by atoms with Gasteiger partial charge in [0.15, 0.2) is 0 Å². The van der Waals surface area contributed by atoms with E-state index in [9.17, 15) is 13.2 Å². The van der Waals surface area contributed by atoms with Crippen molar-refractivity contribution in [3.05, 3.63) is 34.8 Å². The van der Waals surface area contributed by atoms with Gasteiger partial charge in [-0.05, 0) is 19.1 Å². The van der Waals surface area contributed by atoms with E-state index < -0.39 is 11.7 Å². The highest BCUT2D eigenvalue weighted by molar-refractivity contribution is 7.14. The third-order valence-corrected chi connectivity index (χ3v) is 4.04. The summed E-state index contributed by atoms with van der Waals surface area (Å²) in [7, 11) is 1.29. The van der Waals surface area contributed by atoms with Crippen molar-refractivity contribution in [1.29, 1.82) is 0 Å². The fourth-order valence-corrected chi connectivity index (χ4v) is 2.76. The van der Waals surface area contributed by atoms with E-state index in [0.29, 0.717) is 5.13 Å². The molecule has 0 atom stereocenters. The Hall–Kier alpha value is -2.82. The number of ether oxygens (including phenoxy) is 1. The normalized spacial score (nSPS) is 11.6. The maximum atomic E-state index is 13.0. The van der Waals surface area contributed by atoms with E-state index in [0.717, 1.165) is 17.0 Å². The summed E-state index contributed by atoms with van der Waals surface area (Å²) in [5.74, 6) is 0.169. The molecule has 0 saturated heterocycles. The number of rotatable bonds is 4. The van der Waals surface area contributed by atoms with Crippen molar-refractivity contribution in [2.75, 3.05) is 18.2 Å². The monoisotopic (exact) mass is 370 g/mol. The second kappa shape index (κ2) is 6.24. The van der Waals surface area contributed by atoms with Crippen LogP contribution in [0.3, 0.4) is 0 Å². The Balaban J connectivity index is 1.93. The number of benzene rings is 1. The van der Waals surface area contributed by atoms with Gasteiger partial charge in [-0.1, -0.05) is 0 Å². The van der Waals surface area contributed by atoms with E-state index in [1.165, 1.54) is 29.2 Å². The number of hydrogen-bond donors (Lipinski definition) is 2. The summed E-state index contributed by atoms with van der Waals surface area (Å²) in [4.78, 5) is 9.11. The first kappa shape index (κ1) is 17.0. The Morgan fingerprint density at radius 2 is 2.04 bits per heavy atom. The van der Waals surface area contributed by atoms with Gasteiger partial charge in [0.1, 0.15) is 5.75 Å². The second-order valence-electron chi connectivity index (χ2n) is 5.03. The zero-order valence-corrected chi connectivity index (χ0v) is 13.9. The molecule has 3 aromatic rings. The van der Waals surface area contributed by atoms with Crippen molar-refractivity contribution in [1.82, 2.24) is 19.7 Å². The zero-order chi connectivity index (χ0) is 18.2. The summed E-state index contributed by atoms with van der Waals surface area (Å²) in [5, 5.41) is 7.35. The number of nitrogens with one attached hydrogen (secondary N) is 1. The van der Waals surface area contributed by atoms with Gasteiger partial charge in [-0.2, -0.15) is 22.8 Å². The predicted octanol–water partition coefficient (Wildman–Crippen LogP) is 3.39. The number of nitrogen functional groups attached to an aromatic ring is 1. The molecule has 0 aliphatic heterocycles. The summed E-state index contributed by atoms with van der Waals surface area (Å²) in [6, 6.07) is 3.25. The summed E-state index contributed by atoms with van der Waals surface area (Å²) in [5.41, 5.74) is 5.08. The van der Waals surface area contributed by atoms with Crippen molar-refractivity contribution in [2.24, 2.45) is 0 Å². The Morgan fingerprint density at radius 1 is 1.28 bits per heavy atom. The van der Waals surface area contributed by atoms with Gasteiger partial charge in [0.25, 0.3) is 0 Å². The van der Waals surface area contributed by atoms with Gasteiger partial charge in [-0.15, -0.1) is 16.4 Å². The first-order valence-corrected chi connectivity index (χ1v) is 7.76. The largest absolute Gasteiger partial charge is 0.497 e. The lowest BCUT2D eigenvalue weighted by Gasteiger charge is -2.11. The second-order valence-corrected chi connectivity index (χ2v) is 6.25. The summed E-state index contributed by atoms with van der Waals surface area (Å²) in [6.45, 7) is 1.88.